The van der Waals surface area contributed by atoms with Crippen molar-refractivity contribution in [1.29, 1.82) is 0 Å². The molecule has 21 heavy (non-hydrogen) atoms. The van der Waals surface area contributed by atoms with Gasteiger partial charge in [-0.3, -0.25) is 0 Å². The number of carbonyl (C=O) groups is 1. The standard InChI is InChI=1S/C18H24N2O/c21-18(19-17(14-8-9-14)15-10-11-15)20-12-4-7-16(20)13-5-2-1-3-6-13/h1-3,5-6,14-17H,4,7-12H2,(H,19,21)/t16-/m0/s1. The van der Waals surface area contributed by atoms with Gasteiger partial charge in [-0.2, -0.15) is 0 Å². The highest BCUT2D eigenvalue weighted by molar-refractivity contribution is 5.75. The van der Waals surface area contributed by atoms with Gasteiger partial charge in [-0.15, -0.1) is 0 Å². The van der Waals surface area contributed by atoms with E-state index in [1.165, 1.54) is 31.2 Å². The predicted octanol–water partition coefficient (Wildman–Crippen LogP) is 3.72. The van der Waals surface area contributed by atoms with Gasteiger partial charge in [0, 0.05) is 12.6 Å². The fourth-order valence-corrected chi connectivity index (χ4v) is 3.79. The van der Waals surface area contributed by atoms with Gasteiger partial charge < -0.3 is 10.2 Å². The molecule has 3 heteroatoms. The zero-order valence-corrected chi connectivity index (χ0v) is 12.5. The lowest BCUT2D eigenvalue weighted by atomic mass is 10.0. The number of benzene rings is 1. The summed E-state index contributed by atoms with van der Waals surface area (Å²) in [6.07, 6.45) is 7.44. The number of nitrogens with zero attached hydrogens (tertiary/aromatic N) is 1. The molecule has 1 aromatic carbocycles. The normalized spacial score (nSPS) is 25.4. The molecule has 1 atom stereocenters. The molecule has 2 aliphatic carbocycles. The number of amides is 2. The van der Waals surface area contributed by atoms with Crippen molar-refractivity contribution in [2.45, 2.75) is 50.6 Å². The number of nitrogens with one attached hydrogen (secondary N) is 1. The molecule has 3 fully saturated rings. The van der Waals surface area contributed by atoms with Gasteiger partial charge in [0.05, 0.1) is 6.04 Å². The Hall–Kier alpha value is -1.51. The summed E-state index contributed by atoms with van der Waals surface area (Å²) in [5, 5.41) is 3.37. The molecule has 1 N–H and O–H groups in total. The Morgan fingerprint density at radius 3 is 2.33 bits per heavy atom. The van der Waals surface area contributed by atoms with Crippen molar-refractivity contribution in [2.75, 3.05) is 6.54 Å². The third-order valence-corrected chi connectivity index (χ3v) is 5.25. The van der Waals surface area contributed by atoms with Crippen molar-refractivity contribution in [1.82, 2.24) is 10.2 Å². The fraction of sp³-hybridized carbons (Fsp3) is 0.611. The van der Waals surface area contributed by atoms with Gasteiger partial charge in [0.15, 0.2) is 0 Å². The minimum absolute atomic E-state index is 0.171. The second-order valence-corrected chi connectivity index (χ2v) is 6.91. The molecule has 0 radical (unpaired) electrons. The number of likely N-dealkylation sites (tertiary alicyclic amines) is 1. The Balaban J connectivity index is 1.45. The molecule has 3 aliphatic rings. The average Bonchev–Trinajstić information content (AvgIpc) is 3.44. The molecule has 1 heterocycles. The number of hydrogen-bond donors (Lipinski definition) is 1. The fourth-order valence-electron chi connectivity index (χ4n) is 3.79. The van der Waals surface area contributed by atoms with Crippen molar-refractivity contribution in [3.63, 3.8) is 0 Å². The van der Waals surface area contributed by atoms with Gasteiger partial charge in [0.25, 0.3) is 0 Å². The van der Waals surface area contributed by atoms with Crippen LogP contribution < -0.4 is 5.32 Å². The summed E-state index contributed by atoms with van der Waals surface area (Å²) in [7, 11) is 0. The van der Waals surface area contributed by atoms with E-state index >= 15 is 0 Å². The molecule has 0 aromatic heterocycles. The van der Waals surface area contributed by atoms with Gasteiger partial charge in [0.2, 0.25) is 0 Å². The molecule has 4 rings (SSSR count). The van der Waals surface area contributed by atoms with Crippen LogP contribution in [0.5, 0.6) is 0 Å². The van der Waals surface area contributed by atoms with Gasteiger partial charge in [-0.1, -0.05) is 30.3 Å². The van der Waals surface area contributed by atoms with E-state index in [1.54, 1.807) is 0 Å². The molecule has 2 saturated carbocycles. The summed E-state index contributed by atoms with van der Waals surface area (Å²) in [6, 6.07) is 11.4. The van der Waals surface area contributed by atoms with Crippen molar-refractivity contribution in [3.05, 3.63) is 35.9 Å². The van der Waals surface area contributed by atoms with E-state index in [2.05, 4.69) is 34.5 Å². The SMILES string of the molecule is O=C(NC(C1CC1)C1CC1)N1CCC[C@H]1c1ccccc1. The second-order valence-electron chi connectivity index (χ2n) is 6.91. The molecule has 3 nitrogen and oxygen atoms in total. The van der Waals surface area contributed by atoms with Crippen LogP contribution in [0.2, 0.25) is 0 Å². The summed E-state index contributed by atoms with van der Waals surface area (Å²) in [6.45, 7) is 0.896. The maximum absolute atomic E-state index is 12.7. The van der Waals surface area contributed by atoms with E-state index < -0.39 is 0 Å². The summed E-state index contributed by atoms with van der Waals surface area (Å²) < 4.78 is 0. The predicted molar refractivity (Wildman–Crippen MR) is 82.9 cm³/mol. The van der Waals surface area contributed by atoms with E-state index in [-0.39, 0.29) is 12.1 Å². The lowest BCUT2D eigenvalue weighted by Crippen LogP contribution is -2.46. The highest BCUT2D eigenvalue weighted by Gasteiger charge is 2.43. The molecule has 2 amide bonds. The summed E-state index contributed by atoms with van der Waals surface area (Å²) in [5.41, 5.74) is 1.28. The number of hydrogen-bond acceptors (Lipinski definition) is 1. The average molecular weight is 284 g/mol. The minimum atomic E-state index is 0.171. The van der Waals surface area contributed by atoms with Gasteiger partial charge in [-0.05, 0) is 55.9 Å². The first kappa shape index (κ1) is 13.2. The van der Waals surface area contributed by atoms with Crippen LogP contribution >= 0.6 is 0 Å². The molecule has 112 valence electrons. The van der Waals surface area contributed by atoms with Crippen molar-refractivity contribution < 1.29 is 4.79 Å². The largest absolute Gasteiger partial charge is 0.335 e. The Morgan fingerprint density at radius 1 is 1.05 bits per heavy atom. The van der Waals surface area contributed by atoms with Crippen molar-refractivity contribution in [3.8, 4) is 0 Å². The Bertz CT molecular complexity index is 495. The van der Waals surface area contributed by atoms with Crippen LogP contribution in [-0.2, 0) is 0 Å². The molecule has 0 spiro atoms. The quantitative estimate of drug-likeness (QED) is 0.898. The monoisotopic (exact) mass is 284 g/mol. The third-order valence-electron chi connectivity index (χ3n) is 5.25. The highest BCUT2D eigenvalue weighted by atomic mass is 16.2. The van der Waals surface area contributed by atoms with Crippen molar-refractivity contribution in [2.24, 2.45) is 11.8 Å². The molecule has 1 saturated heterocycles. The minimum Gasteiger partial charge on any atom is -0.335 e. The molecule has 1 aliphatic heterocycles. The topological polar surface area (TPSA) is 32.3 Å². The molecule has 0 bridgehead atoms. The van der Waals surface area contributed by atoms with Crippen LogP contribution in [0.3, 0.4) is 0 Å². The maximum atomic E-state index is 12.7. The van der Waals surface area contributed by atoms with E-state index in [0.29, 0.717) is 6.04 Å². The lowest BCUT2D eigenvalue weighted by molar-refractivity contribution is 0.185. The Kier molecular flexibility index (Phi) is 3.36. The van der Waals surface area contributed by atoms with Crippen molar-refractivity contribution >= 4 is 6.03 Å². The first-order valence-electron chi connectivity index (χ1n) is 8.45. The van der Waals surface area contributed by atoms with Crippen LogP contribution in [0.1, 0.15) is 50.1 Å². The molecule has 0 unspecified atom stereocenters. The molecular formula is C18H24N2O. The summed E-state index contributed by atoms with van der Waals surface area (Å²) in [4.78, 5) is 14.8. The Morgan fingerprint density at radius 2 is 1.71 bits per heavy atom. The van der Waals surface area contributed by atoms with Crippen LogP contribution in [0, 0.1) is 11.8 Å². The Labute approximate surface area is 126 Å². The van der Waals surface area contributed by atoms with E-state index in [1.807, 2.05) is 6.07 Å². The van der Waals surface area contributed by atoms with Gasteiger partial charge in [0.1, 0.15) is 0 Å². The van der Waals surface area contributed by atoms with Crippen LogP contribution in [0.25, 0.3) is 0 Å². The third kappa shape index (κ3) is 2.78. The van der Waals surface area contributed by atoms with E-state index in [9.17, 15) is 4.79 Å². The van der Waals surface area contributed by atoms with Gasteiger partial charge in [-0.25, -0.2) is 4.79 Å². The summed E-state index contributed by atoms with van der Waals surface area (Å²) >= 11 is 0. The zero-order valence-electron chi connectivity index (χ0n) is 12.5. The first-order valence-corrected chi connectivity index (χ1v) is 8.45. The highest BCUT2D eigenvalue weighted by Crippen LogP contribution is 2.44. The van der Waals surface area contributed by atoms with Crippen LogP contribution in [0.4, 0.5) is 4.79 Å². The summed E-state index contributed by atoms with van der Waals surface area (Å²) in [5.74, 6) is 1.53. The zero-order chi connectivity index (χ0) is 14.2. The second kappa shape index (κ2) is 5.36. The number of carbonyl (C=O) groups excluding carboxylic acids is 1. The maximum Gasteiger partial charge on any atom is 0.318 e. The smallest absolute Gasteiger partial charge is 0.318 e. The first-order chi connectivity index (χ1) is 10.3. The van der Waals surface area contributed by atoms with E-state index in [0.717, 1.165) is 31.2 Å². The van der Waals surface area contributed by atoms with E-state index in [4.69, 9.17) is 0 Å². The lowest BCUT2D eigenvalue weighted by Gasteiger charge is -2.28. The van der Waals surface area contributed by atoms with Crippen LogP contribution in [-0.4, -0.2) is 23.5 Å². The molecular weight excluding hydrogens is 260 g/mol. The van der Waals surface area contributed by atoms with Crippen LogP contribution in [0.15, 0.2) is 30.3 Å². The number of rotatable bonds is 4. The number of urea groups is 1. The van der Waals surface area contributed by atoms with Gasteiger partial charge >= 0.3 is 6.03 Å². The molecule has 1 aromatic rings.